The molecule has 30 heavy (non-hydrogen) atoms. The summed E-state index contributed by atoms with van der Waals surface area (Å²) in [6.45, 7) is 6.80. The Morgan fingerprint density at radius 1 is 1.03 bits per heavy atom. The number of carbonyl (C=O) groups excluding carboxylic acids is 1. The number of hydrogen-bond acceptors (Lipinski definition) is 4. The third kappa shape index (κ3) is 4.23. The van der Waals surface area contributed by atoms with Crippen molar-refractivity contribution in [3.8, 4) is 0 Å². The van der Waals surface area contributed by atoms with E-state index in [0.29, 0.717) is 22.8 Å². The minimum absolute atomic E-state index is 0.120. The summed E-state index contributed by atoms with van der Waals surface area (Å²) in [7, 11) is -2.32. The third-order valence-electron chi connectivity index (χ3n) is 5.02. The summed E-state index contributed by atoms with van der Waals surface area (Å²) in [6.07, 6.45) is 0. The van der Waals surface area contributed by atoms with Gasteiger partial charge in [0.2, 0.25) is 5.91 Å². The van der Waals surface area contributed by atoms with Crippen molar-refractivity contribution >= 4 is 27.3 Å². The Bertz CT molecular complexity index is 1180. The van der Waals surface area contributed by atoms with Crippen LogP contribution in [0.5, 0.6) is 0 Å². The Kier molecular flexibility index (Phi) is 5.98. The average Bonchev–Trinajstić information content (AvgIpc) is 2.94. The van der Waals surface area contributed by atoms with Crippen molar-refractivity contribution < 1.29 is 13.2 Å². The van der Waals surface area contributed by atoms with Gasteiger partial charge in [0.25, 0.3) is 10.0 Å². The average molecular weight is 427 g/mol. The van der Waals surface area contributed by atoms with Crippen molar-refractivity contribution in [2.75, 3.05) is 16.2 Å². The predicted molar refractivity (Wildman–Crippen MR) is 118 cm³/mol. The van der Waals surface area contributed by atoms with E-state index in [9.17, 15) is 13.2 Å². The molecule has 8 heteroatoms. The van der Waals surface area contributed by atoms with Gasteiger partial charge in [0.1, 0.15) is 11.4 Å². The molecule has 0 aliphatic carbocycles. The molecule has 3 aromatic rings. The maximum atomic E-state index is 13.6. The molecule has 0 bridgehead atoms. The van der Waals surface area contributed by atoms with Crippen LogP contribution in [0.15, 0.2) is 53.4 Å². The lowest BCUT2D eigenvalue weighted by molar-refractivity contribution is -0.114. The number of amides is 1. The number of hydrogen-bond donors (Lipinski definition) is 1. The van der Waals surface area contributed by atoms with Gasteiger partial charge in [-0.25, -0.2) is 8.42 Å². The van der Waals surface area contributed by atoms with Crippen LogP contribution in [-0.2, 0) is 21.9 Å². The summed E-state index contributed by atoms with van der Waals surface area (Å²) in [5, 5.41) is 7.05. The van der Waals surface area contributed by atoms with Crippen LogP contribution in [0, 0.1) is 27.7 Å². The van der Waals surface area contributed by atoms with E-state index in [1.165, 1.54) is 4.68 Å². The highest BCUT2D eigenvalue weighted by atomic mass is 32.2. The smallest absolute Gasteiger partial charge is 0.268 e. The van der Waals surface area contributed by atoms with E-state index in [2.05, 4.69) is 10.4 Å². The summed E-state index contributed by atoms with van der Waals surface area (Å²) >= 11 is 0. The number of carbonyl (C=O) groups is 1. The zero-order valence-electron chi connectivity index (χ0n) is 17.8. The molecule has 0 saturated heterocycles. The number of rotatable bonds is 6. The molecule has 1 heterocycles. The van der Waals surface area contributed by atoms with Crippen LogP contribution in [0.2, 0.25) is 0 Å². The predicted octanol–water partition coefficient (Wildman–Crippen LogP) is 3.49. The zero-order chi connectivity index (χ0) is 22.1. The molecule has 0 saturated carbocycles. The van der Waals surface area contributed by atoms with E-state index in [0.717, 1.165) is 15.4 Å². The summed E-state index contributed by atoms with van der Waals surface area (Å²) in [5.74, 6) is -0.423. The van der Waals surface area contributed by atoms with Gasteiger partial charge in [-0.05, 0) is 51.5 Å². The highest BCUT2D eigenvalue weighted by Gasteiger charge is 2.32. The SMILES string of the molecule is Cc1ccc(N(CC(=O)Nc2ccccc2C)S(=O)(=O)c2c(C)nn(C)c2C)cc1. The summed E-state index contributed by atoms with van der Waals surface area (Å²) in [4.78, 5) is 13.0. The van der Waals surface area contributed by atoms with Gasteiger partial charge in [0.05, 0.1) is 17.1 Å². The Labute approximate surface area is 177 Å². The van der Waals surface area contributed by atoms with E-state index in [-0.39, 0.29) is 11.4 Å². The molecule has 7 nitrogen and oxygen atoms in total. The van der Waals surface area contributed by atoms with Crippen molar-refractivity contribution in [1.29, 1.82) is 0 Å². The molecule has 0 fully saturated rings. The minimum Gasteiger partial charge on any atom is -0.324 e. The van der Waals surface area contributed by atoms with Crippen LogP contribution in [0.1, 0.15) is 22.5 Å². The van der Waals surface area contributed by atoms with Crippen molar-refractivity contribution in [2.45, 2.75) is 32.6 Å². The van der Waals surface area contributed by atoms with Crippen molar-refractivity contribution in [1.82, 2.24) is 9.78 Å². The lowest BCUT2D eigenvalue weighted by atomic mass is 10.2. The maximum absolute atomic E-state index is 13.6. The van der Waals surface area contributed by atoms with Crippen molar-refractivity contribution in [3.05, 3.63) is 71.0 Å². The fraction of sp³-hybridized carbons (Fsp3) is 0.273. The second-order valence-corrected chi connectivity index (χ2v) is 9.13. The van der Waals surface area contributed by atoms with E-state index >= 15 is 0 Å². The molecule has 0 radical (unpaired) electrons. The lowest BCUT2D eigenvalue weighted by Gasteiger charge is -2.24. The van der Waals surface area contributed by atoms with Crippen molar-refractivity contribution in [3.63, 3.8) is 0 Å². The van der Waals surface area contributed by atoms with Gasteiger partial charge >= 0.3 is 0 Å². The molecule has 1 N–H and O–H groups in total. The van der Waals surface area contributed by atoms with Gasteiger partial charge in [-0.15, -0.1) is 0 Å². The summed E-state index contributed by atoms with van der Waals surface area (Å²) < 4.78 is 29.9. The molecule has 0 aliphatic heterocycles. The maximum Gasteiger partial charge on any atom is 0.268 e. The number of sulfonamides is 1. The first-order valence-electron chi connectivity index (χ1n) is 9.56. The molecule has 2 aromatic carbocycles. The molecular weight excluding hydrogens is 400 g/mol. The normalized spacial score (nSPS) is 11.4. The Hall–Kier alpha value is -3.13. The second kappa shape index (κ2) is 8.31. The molecule has 3 rings (SSSR count). The number of nitrogens with one attached hydrogen (secondary N) is 1. The second-order valence-electron chi connectivity index (χ2n) is 7.33. The monoisotopic (exact) mass is 426 g/mol. The van der Waals surface area contributed by atoms with Crippen LogP contribution in [0.3, 0.4) is 0 Å². The lowest BCUT2D eigenvalue weighted by Crippen LogP contribution is -2.38. The van der Waals surface area contributed by atoms with Gasteiger partial charge in [-0.3, -0.25) is 13.8 Å². The first-order valence-corrected chi connectivity index (χ1v) is 11.0. The number of nitrogens with zero attached hydrogens (tertiary/aromatic N) is 3. The van der Waals surface area contributed by atoms with Gasteiger partial charge in [-0.1, -0.05) is 35.9 Å². The molecule has 0 aliphatic rings. The number of aromatic nitrogens is 2. The van der Waals surface area contributed by atoms with E-state index < -0.39 is 15.9 Å². The summed E-state index contributed by atoms with van der Waals surface area (Å²) in [6, 6.07) is 14.4. The standard InChI is InChI=1S/C22H26N4O3S/c1-15-10-12-19(13-11-15)26(14-21(27)23-20-9-7-6-8-16(20)2)30(28,29)22-17(3)24-25(5)18(22)4/h6-13H,14H2,1-5H3,(H,23,27). The fourth-order valence-electron chi connectivity index (χ4n) is 3.30. The topological polar surface area (TPSA) is 84.3 Å². The highest BCUT2D eigenvalue weighted by molar-refractivity contribution is 7.93. The largest absolute Gasteiger partial charge is 0.324 e. The molecule has 0 unspecified atom stereocenters. The van der Waals surface area contributed by atoms with E-state index in [1.807, 2.05) is 44.2 Å². The number of benzene rings is 2. The number of anilines is 2. The molecular formula is C22H26N4O3S. The van der Waals surface area contributed by atoms with Gasteiger partial charge in [-0.2, -0.15) is 5.10 Å². The van der Waals surface area contributed by atoms with Crippen LogP contribution in [0.25, 0.3) is 0 Å². The highest BCUT2D eigenvalue weighted by Crippen LogP contribution is 2.28. The van der Waals surface area contributed by atoms with Gasteiger partial charge in [0, 0.05) is 12.7 Å². The first kappa shape index (κ1) is 21.6. The molecule has 0 atom stereocenters. The van der Waals surface area contributed by atoms with Gasteiger partial charge in [0.15, 0.2) is 0 Å². The first-order chi connectivity index (χ1) is 14.1. The van der Waals surface area contributed by atoms with Gasteiger partial charge < -0.3 is 5.32 Å². The quantitative estimate of drug-likeness (QED) is 0.654. The zero-order valence-corrected chi connectivity index (χ0v) is 18.6. The van der Waals surface area contributed by atoms with Crippen LogP contribution >= 0.6 is 0 Å². The summed E-state index contributed by atoms with van der Waals surface area (Å²) in [5.41, 5.74) is 3.87. The van der Waals surface area contributed by atoms with Crippen molar-refractivity contribution in [2.24, 2.45) is 7.05 Å². The fourth-order valence-corrected chi connectivity index (χ4v) is 5.12. The number of para-hydroxylation sites is 1. The van der Waals surface area contributed by atoms with Crippen LogP contribution < -0.4 is 9.62 Å². The van der Waals surface area contributed by atoms with Crippen LogP contribution in [0.4, 0.5) is 11.4 Å². The van der Waals surface area contributed by atoms with E-state index in [1.54, 1.807) is 39.1 Å². The Morgan fingerprint density at radius 3 is 2.23 bits per heavy atom. The van der Waals surface area contributed by atoms with Crippen LogP contribution in [-0.4, -0.2) is 30.7 Å². The Morgan fingerprint density at radius 2 is 1.67 bits per heavy atom. The Balaban J connectivity index is 2.02. The number of aryl methyl sites for hydroxylation is 4. The molecule has 158 valence electrons. The minimum atomic E-state index is -4.02. The van der Waals surface area contributed by atoms with E-state index in [4.69, 9.17) is 0 Å². The third-order valence-corrected chi connectivity index (χ3v) is 7.05. The molecule has 1 amide bonds. The molecule has 1 aromatic heterocycles. The molecule has 0 spiro atoms.